The molecular weight excluding hydrogens is 400 g/mol. The molecule has 0 saturated heterocycles. The number of hydrogen-bond acceptors (Lipinski definition) is 3. The predicted octanol–water partition coefficient (Wildman–Crippen LogP) is 5.09. The van der Waals surface area contributed by atoms with Crippen molar-refractivity contribution in [3.05, 3.63) is 65.7 Å². The van der Waals surface area contributed by atoms with Crippen molar-refractivity contribution in [1.29, 1.82) is 0 Å². The van der Waals surface area contributed by atoms with Crippen LogP contribution in [-0.4, -0.2) is 35.9 Å². The van der Waals surface area contributed by atoms with Crippen LogP contribution in [0.3, 0.4) is 0 Å². The van der Waals surface area contributed by atoms with Gasteiger partial charge in [0.15, 0.2) is 6.61 Å². The lowest BCUT2D eigenvalue weighted by Crippen LogP contribution is -2.50. The number of hydrogen-bond donors (Lipinski definition) is 1. The highest BCUT2D eigenvalue weighted by Crippen LogP contribution is 2.24. The first-order chi connectivity index (χ1) is 15.3. The van der Waals surface area contributed by atoms with Crippen LogP contribution in [0.5, 0.6) is 5.75 Å². The summed E-state index contributed by atoms with van der Waals surface area (Å²) < 4.78 is 5.80. The minimum Gasteiger partial charge on any atom is -0.484 e. The van der Waals surface area contributed by atoms with Gasteiger partial charge in [0.05, 0.1) is 0 Å². The summed E-state index contributed by atoms with van der Waals surface area (Å²) in [5.74, 6) is 0.331. The molecular formula is C27H38N2O3. The second-order valence-electron chi connectivity index (χ2n) is 9.14. The molecule has 2 rings (SSSR count). The molecule has 2 amide bonds. The molecule has 0 aromatic heterocycles. The quantitative estimate of drug-likeness (QED) is 0.497. The number of benzene rings is 2. The number of rotatable bonds is 11. The molecule has 0 bridgehead atoms. The van der Waals surface area contributed by atoms with E-state index < -0.39 is 6.04 Å². The molecule has 0 heterocycles. The number of nitrogens with one attached hydrogen (secondary N) is 1. The summed E-state index contributed by atoms with van der Waals surface area (Å²) in [6.45, 7) is 11.4. The van der Waals surface area contributed by atoms with Crippen molar-refractivity contribution >= 4 is 11.8 Å². The van der Waals surface area contributed by atoms with Gasteiger partial charge in [0.1, 0.15) is 11.8 Å². The zero-order valence-electron chi connectivity index (χ0n) is 20.2. The fourth-order valence-electron chi connectivity index (χ4n) is 3.48. The number of nitrogens with zero attached hydrogens (tertiary/aromatic N) is 1. The van der Waals surface area contributed by atoms with Crippen LogP contribution in [0, 0.1) is 0 Å². The van der Waals surface area contributed by atoms with E-state index in [9.17, 15) is 9.59 Å². The molecule has 0 fully saturated rings. The number of carbonyl (C=O) groups is 2. The Morgan fingerprint density at radius 1 is 1.00 bits per heavy atom. The molecule has 0 radical (unpaired) electrons. The van der Waals surface area contributed by atoms with Crippen molar-refractivity contribution in [2.75, 3.05) is 13.2 Å². The van der Waals surface area contributed by atoms with Gasteiger partial charge < -0.3 is 15.0 Å². The van der Waals surface area contributed by atoms with Crippen LogP contribution in [0.2, 0.25) is 0 Å². The molecule has 5 heteroatoms. The Bertz CT molecular complexity index is 841. The van der Waals surface area contributed by atoms with Gasteiger partial charge in [-0.3, -0.25) is 9.59 Å². The van der Waals surface area contributed by atoms with E-state index in [4.69, 9.17) is 4.74 Å². The summed E-state index contributed by atoms with van der Waals surface area (Å²) in [6.07, 6.45) is 2.46. The average molecular weight is 439 g/mol. The molecule has 0 aliphatic rings. The van der Waals surface area contributed by atoms with Gasteiger partial charge in [0.25, 0.3) is 5.91 Å². The minimum atomic E-state index is -0.536. The zero-order chi connectivity index (χ0) is 23.6. The maximum Gasteiger partial charge on any atom is 0.261 e. The Balaban J connectivity index is 2.12. The summed E-state index contributed by atoms with van der Waals surface area (Å²) in [5, 5.41) is 2.98. The Morgan fingerprint density at radius 2 is 1.66 bits per heavy atom. The third-order valence-electron chi connectivity index (χ3n) is 5.49. The van der Waals surface area contributed by atoms with Crippen molar-refractivity contribution in [3.8, 4) is 5.75 Å². The second-order valence-corrected chi connectivity index (χ2v) is 9.14. The molecule has 0 spiro atoms. The second kappa shape index (κ2) is 12.3. The van der Waals surface area contributed by atoms with Gasteiger partial charge in [0, 0.05) is 13.1 Å². The van der Waals surface area contributed by atoms with Gasteiger partial charge in [-0.25, -0.2) is 0 Å². The molecule has 174 valence electrons. The Kier molecular flexibility index (Phi) is 9.76. The van der Waals surface area contributed by atoms with Crippen LogP contribution >= 0.6 is 0 Å². The van der Waals surface area contributed by atoms with E-state index in [1.165, 1.54) is 5.56 Å². The van der Waals surface area contributed by atoms with Gasteiger partial charge in [-0.15, -0.1) is 0 Å². The van der Waals surface area contributed by atoms with Crippen LogP contribution in [0.15, 0.2) is 54.6 Å². The van der Waals surface area contributed by atoms with Gasteiger partial charge in [-0.1, -0.05) is 83.5 Å². The molecule has 0 aliphatic heterocycles. The van der Waals surface area contributed by atoms with Gasteiger partial charge >= 0.3 is 0 Å². The van der Waals surface area contributed by atoms with Crippen LogP contribution in [0.25, 0.3) is 0 Å². The standard InChI is InChI=1S/C27H38N2O3/c1-6-8-18-28-26(31)24(7-2)29(19-21-12-10-9-11-13-21)25(30)20-32-23-16-14-22(15-17-23)27(3,4)5/h9-17,24H,6-8,18-20H2,1-5H3,(H,28,31)/t24-/m1/s1. The molecule has 1 N–H and O–H groups in total. The topological polar surface area (TPSA) is 58.6 Å². The van der Waals surface area contributed by atoms with Crippen LogP contribution in [0.4, 0.5) is 0 Å². The van der Waals surface area contributed by atoms with Crippen molar-refractivity contribution in [1.82, 2.24) is 10.2 Å². The summed E-state index contributed by atoms with van der Waals surface area (Å²) in [6, 6.07) is 17.0. The molecule has 2 aromatic carbocycles. The van der Waals surface area contributed by atoms with Crippen LogP contribution < -0.4 is 10.1 Å². The van der Waals surface area contributed by atoms with E-state index in [0.717, 1.165) is 18.4 Å². The van der Waals surface area contributed by atoms with E-state index in [-0.39, 0.29) is 23.8 Å². The first-order valence-corrected chi connectivity index (χ1v) is 11.6. The molecule has 1 atom stereocenters. The number of carbonyl (C=O) groups excluding carboxylic acids is 2. The number of unbranched alkanes of at least 4 members (excludes halogenated alkanes) is 1. The summed E-state index contributed by atoms with van der Waals surface area (Å²) >= 11 is 0. The number of ether oxygens (including phenoxy) is 1. The molecule has 2 aromatic rings. The van der Waals surface area contributed by atoms with Gasteiger partial charge in [0.2, 0.25) is 5.91 Å². The maximum atomic E-state index is 13.2. The molecule has 0 unspecified atom stereocenters. The molecule has 0 saturated carbocycles. The Hall–Kier alpha value is -2.82. The van der Waals surface area contributed by atoms with Gasteiger partial charge in [-0.2, -0.15) is 0 Å². The average Bonchev–Trinajstić information content (AvgIpc) is 2.78. The smallest absolute Gasteiger partial charge is 0.261 e. The molecule has 0 aliphatic carbocycles. The largest absolute Gasteiger partial charge is 0.484 e. The van der Waals surface area contributed by atoms with Crippen LogP contribution in [0.1, 0.15) is 65.0 Å². The third-order valence-corrected chi connectivity index (χ3v) is 5.49. The lowest BCUT2D eigenvalue weighted by Gasteiger charge is -2.30. The Morgan fingerprint density at radius 3 is 2.22 bits per heavy atom. The lowest BCUT2D eigenvalue weighted by atomic mass is 9.87. The first-order valence-electron chi connectivity index (χ1n) is 11.6. The number of amides is 2. The summed E-state index contributed by atoms with van der Waals surface area (Å²) in [5.41, 5.74) is 2.24. The third kappa shape index (κ3) is 7.70. The highest BCUT2D eigenvalue weighted by Gasteiger charge is 2.28. The summed E-state index contributed by atoms with van der Waals surface area (Å²) in [4.78, 5) is 27.7. The van der Waals surface area contributed by atoms with E-state index in [0.29, 0.717) is 25.3 Å². The normalized spacial score (nSPS) is 12.2. The first kappa shape index (κ1) is 25.4. The predicted molar refractivity (Wildman–Crippen MR) is 130 cm³/mol. The van der Waals surface area contributed by atoms with E-state index in [1.807, 2.05) is 61.5 Å². The monoisotopic (exact) mass is 438 g/mol. The van der Waals surface area contributed by atoms with E-state index >= 15 is 0 Å². The minimum absolute atomic E-state index is 0.0559. The molecule has 32 heavy (non-hydrogen) atoms. The van der Waals surface area contributed by atoms with Crippen LogP contribution in [-0.2, 0) is 21.5 Å². The summed E-state index contributed by atoms with van der Waals surface area (Å²) in [7, 11) is 0. The van der Waals surface area contributed by atoms with Crippen molar-refractivity contribution in [2.24, 2.45) is 0 Å². The van der Waals surface area contributed by atoms with Crippen molar-refractivity contribution in [2.45, 2.75) is 71.9 Å². The SMILES string of the molecule is CCCCNC(=O)[C@@H](CC)N(Cc1ccccc1)C(=O)COc1ccc(C(C)(C)C)cc1. The fourth-order valence-corrected chi connectivity index (χ4v) is 3.48. The lowest BCUT2D eigenvalue weighted by molar-refractivity contribution is -0.143. The fraction of sp³-hybridized carbons (Fsp3) is 0.481. The zero-order valence-corrected chi connectivity index (χ0v) is 20.2. The highest BCUT2D eigenvalue weighted by molar-refractivity contribution is 5.88. The van der Waals surface area contributed by atoms with Crippen molar-refractivity contribution < 1.29 is 14.3 Å². The molecule has 5 nitrogen and oxygen atoms in total. The Labute approximate surface area is 193 Å². The van der Waals surface area contributed by atoms with E-state index in [1.54, 1.807) is 4.90 Å². The highest BCUT2D eigenvalue weighted by atomic mass is 16.5. The van der Waals surface area contributed by atoms with Gasteiger partial charge in [-0.05, 0) is 41.5 Å². The maximum absolute atomic E-state index is 13.2. The van der Waals surface area contributed by atoms with Crippen molar-refractivity contribution in [3.63, 3.8) is 0 Å². The van der Waals surface area contributed by atoms with E-state index in [2.05, 4.69) is 33.0 Å².